The van der Waals surface area contributed by atoms with E-state index < -0.39 is 11.8 Å². The topological polar surface area (TPSA) is 74.7 Å². The Morgan fingerprint density at radius 2 is 1.65 bits per heavy atom. The number of rotatable bonds is 4. The first-order valence-electron chi connectivity index (χ1n) is 16.6. The fraction of sp³-hybridized carbons (Fsp3) is 0.214. The second-order valence-corrected chi connectivity index (χ2v) is 15.2. The van der Waals surface area contributed by atoms with E-state index in [1.54, 1.807) is 17.4 Å². The number of aromatic carboxylic acids is 1. The molecule has 1 aliphatic heterocycles. The summed E-state index contributed by atoms with van der Waals surface area (Å²) in [5, 5.41) is 9.37. The Balaban J connectivity index is 1.07. The van der Waals surface area contributed by atoms with Gasteiger partial charge in [-0.3, -0.25) is 9.59 Å². The van der Waals surface area contributed by atoms with E-state index in [0.29, 0.717) is 12.0 Å². The monoisotopic (exact) mass is 647 g/mol. The molecule has 0 radical (unpaired) electrons. The highest BCUT2D eigenvalue weighted by molar-refractivity contribution is 7.16. The molecule has 1 N–H and O–H groups in total. The predicted molar refractivity (Wildman–Crippen MR) is 191 cm³/mol. The van der Waals surface area contributed by atoms with Crippen molar-refractivity contribution in [1.82, 2.24) is 0 Å². The smallest absolute Gasteiger partial charge is 0.335 e. The highest BCUT2D eigenvalue weighted by Gasteiger charge is 2.43. The van der Waals surface area contributed by atoms with Crippen molar-refractivity contribution >= 4 is 46.3 Å². The van der Waals surface area contributed by atoms with Gasteiger partial charge >= 0.3 is 5.97 Å². The molecular formula is C42H33NO4S. The summed E-state index contributed by atoms with van der Waals surface area (Å²) < 4.78 is 0. The largest absolute Gasteiger partial charge is 0.478 e. The minimum Gasteiger partial charge on any atom is -0.478 e. The van der Waals surface area contributed by atoms with E-state index in [-0.39, 0.29) is 33.5 Å². The molecule has 0 amide bonds. The van der Waals surface area contributed by atoms with Crippen LogP contribution in [-0.4, -0.2) is 28.7 Å². The van der Waals surface area contributed by atoms with E-state index in [0.717, 1.165) is 20.9 Å². The zero-order valence-corrected chi connectivity index (χ0v) is 27.8. The van der Waals surface area contributed by atoms with Gasteiger partial charge < -0.3 is 10.0 Å². The lowest BCUT2D eigenvalue weighted by molar-refractivity contribution is 0.0696. The number of nitrogens with zero attached hydrogens (tertiary/aromatic N) is 1. The lowest BCUT2D eigenvalue weighted by atomic mass is 9.82. The van der Waals surface area contributed by atoms with Crippen molar-refractivity contribution in [3.8, 4) is 21.6 Å². The SMILES string of the molecule is Cc1cc(-c2ccc3c(c2)C2CCCC2N3c2ccc3c(c2)-c2ccccc2C3(C)C)sc1/C=C1\C(=O)c2ccc(C(=O)O)cc2C1=O. The fourth-order valence-electron chi connectivity index (χ4n) is 8.70. The molecule has 0 saturated heterocycles. The summed E-state index contributed by atoms with van der Waals surface area (Å²) >= 11 is 1.58. The number of aryl methyl sites for hydroxylation is 1. The van der Waals surface area contributed by atoms with Crippen LogP contribution in [0.1, 0.15) is 97.2 Å². The summed E-state index contributed by atoms with van der Waals surface area (Å²) in [4.78, 5) is 42.4. The van der Waals surface area contributed by atoms with E-state index >= 15 is 0 Å². The summed E-state index contributed by atoms with van der Waals surface area (Å²) in [5.41, 5.74) is 12.0. The highest BCUT2D eigenvalue weighted by atomic mass is 32.1. The second kappa shape index (κ2) is 10.2. The van der Waals surface area contributed by atoms with Crippen LogP contribution in [-0.2, 0) is 5.41 Å². The van der Waals surface area contributed by atoms with Crippen LogP contribution in [0.15, 0.2) is 90.5 Å². The van der Waals surface area contributed by atoms with Crippen molar-refractivity contribution in [3.05, 3.63) is 134 Å². The van der Waals surface area contributed by atoms with Crippen LogP contribution in [0.5, 0.6) is 0 Å². The number of hydrogen-bond donors (Lipinski definition) is 1. The molecule has 6 heteroatoms. The number of ketones is 2. The molecule has 2 atom stereocenters. The number of benzene rings is 4. The van der Waals surface area contributed by atoms with E-state index in [9.17, 15) is 19.5 Å². The van der Waals surface area contributed by atoms with Crippen LogP contribution >= 0.6 is 11.3 Å². The third kappa shape index (κ3) is 4.05. The van der Waals surface area contributed by atoms with Gasteiger partial charge in [0.15, 0.2) is 11.6 Å². The average molecular weight is 648 g/mol. The first-order valence-corrected chi connectivity index (χ1v) is 17.4. The summed E-state index contributed by atoms with van der Waals surface area (Å²) in [7, 11) is 0. The summed E-state index contributed by atoms with van der Waals surface area (Å²) in [6, 6.07) is 29.4. The molecule has 3 aliphatic carbocycles. The van der Waals surface area contributed by atoms with Crippen molar-refractivity contribution in [2.45, 2.75) is 57.4 Å². The van der Waals surface area contributed by atoms with Crippen LogP contribution in [0, 0.1) is 6.92 Å². The molecule has 48 heavy (non-hydrogen) atoms. The fourth-order valence-corrected chi connectivity index (χ4v) is 9.82. The Morgan fingerprint density at radius 3 is 2.48 bits per heavy atom. The molecule has 1 saturated carbocycles. The molecule has 5 nitrogen and oxygen atoms in total. The highest BCUT2D eigenvalue weighted by Crippen LogP contribution is 2.55. The van der Waals surface area contributed by atoms with Crippen LogP contribution < -0.4 is 4.90 Å². The number of thiophene rings is 1. The lowest BCUT2D eigenvalue weighted by Gasteiger charge is -2.28. The molecule has 4 aliphatic rings. The Kier molecular flexibility index (Phi) is 6.19. The lowest BCUT2D eigenvalue weighted by Crippen LogP contribution is -2.26. The molecule has 9 rings (SSSR count). The van der Waals surface area contributed by atoms with Crippen molar-refractivity contribution < 1.29 is 19.5 Å². The van der Waals surface area contributed by atoms with Gasteiger partial charge in [-0.1, -0.05) is 56.7 Å². The van der Waals surface area contributed by atoms with Gasteiger partial charge in [0.25, 0.3) is 0 Å². The van der Waals surface area contributed by atoms with E-state index in [1.807, 2.05) is 6.92 Å². The molecule has 1 fully saturated rings. The summed E-state index contributed by atoms with van der Waals surface area (Å²) in [6.45, 7) is 6.65. The molecule has 0 spiro atoms. The van der Waals surface area contributed by atoms with E-state index in [1.165, 1.54) is 76.7 Å². The van der Waals surface area contributed by atoms with E-state index in [2.05, 4.69) is 85.5 Å². The van der Waals surface area contributed by atoms with Gasteiger partial charge in [-0.05, 0) is 113 Å². The zero-order chi connectivity index (χ0) is 33.1. The predicted octanol–water partition coefficient (Wildman–Crippen LogP) is 9.98. The second-order valence-electron chi connectivity index (χ2n) is 14.1. The van der Waals surface area contributed by atoms with Gasteiger partial charge in [-0.2, -0.15) is 0 Å². The van der Waals surface area contributed by atoms with Gasteiger partial charge in [-0.15, -0.1) is 11.3 Å². The molecule has 0 bridgehead atoms. The molecule has 5 aromatic rings. The Labute approximate surface area is 283 Å². The Morgan fingerprint density at radius 1 is 0.854 bits per heavy atom. The normalized spacial score (nSPS) is 20.6. The number of allylic oxidation sites excluding steroid dienone is 1. The summed E-state index contributed by atoms with van der Waals surface area (Å²) in [5.74, 6) is -1.43. The van der Waals surface area contributed by atoms with Gasteiger partial charge in [0.1, 0.15) is 0 Å². The van der Waals surface area contributed by atoms with Crippen LogP contribution in [0.4, 0.5) is 11.4 Å². The number of Topliss-reactive ketones (excluding diaryl/α,β-unsaturated/α-hetero) is 2. The van der Waals surface area contributed by atoms with Gasteiger partial charge in [-0.25, -0.2) is 4.79 Å². The van der Waals surface area contributed by atoms with Crippen molar-refractivity contribution in [1.29, 1.82) is 0 Å². The van der Waals surface area contributed by atoms with Crippen molar-refractivity contribution in [2.24, 2.45) is 0 Å². The maximum Gasteiger partial charge on any atom is 0.335 e. The maximum absolute atomic E-state index is 13.2. The maximum atomic E-state index is 13.2. The number of carboxylic acid groups (broad SMARTS) is 1. The van der Waals surface area contributed by atoms with Crippen LogP contribution in [0.25, 0.3) is 27.6 Å². The van der Waals surface area contributed by atoms with Crippen molar-refractivity contribution in [2.75, 3.05) is 4.90 Å². The molecular weight excluding hydrogens is 615 g/mol. The molecule has 4 aromatic carbocycles. The van der Waals surface area contributed by atoms with Gasteiger partial charge in [0, 0.05) is 49.6 Å². The number of carbonyl (C=O) groups is 3. The third-order valence-corrected chi connectivity index (χ3v) is 12.3. The Hall–Kier alpha value is -5.07. The molecule has 1 aromatic heterocycles. The molecule has 2 unspecified atom stereocenters. The zero-order valence-electron chi connectivity index (χ0n) is 27.0. The number of carboxylic acids is 1. The van der Waals surface area contributed by atoms with Crippen LogP contribution in [0.3, 0.4) is 0 Å². The average Bonchev–Trinajstić information content (AvgIpc) is 3.87. The summed E-state index contributed by atoms with van der Waals surface area (Å²) in [6.07, 6.45) is 5.24. The third-order valence-electron chi connectivity index (χ3n) is 11.1. The minimum atomic E-state index is -1.13. The Bertz CT molecular complexity index is 2310. The first-order chi connectivity index (χ1) is 23.1. The van der Waals surface area contributed by atoms with Crippen molar-refractivity contribution in [3.63, 3.8) is 0 Å². The molecule has 2 heterocycles. The molecule has 236 valence electrons. The number of hydrogen-bond acceptors (Lipinski definition) is 5. The number of anilines is 2. The standard InChI is InChI=1S/C42H33NO4S/c1-22-17-38(48-37(22)21-32-39(44)28-14-11-24(41(46)47)19-31(28)40(32)45)23-12-16-36-30(18-23)27-8-6-10-35(27)43(36)25-13-15-34-29(20-25)26-7-4-5-9-33(26)42(34,2)3/h4-5,7,9,11-21,27,35H,6,8,10H2,1-3H3,(H,46,47)/b32-21+. The van der Waals surface area contributed by atoms with E-state index in [4.69, 9.17) is 0 Å². The number of fused-ring (bicyclic) bond motifs is 7. The minimum absolute atomic E-state index is 0.00382. The number of carbonyl (C=O) groups excluding carboxylic acids is 2. The quantitative estimate of drug-likeness (QED) is 0.155. The van der Waals surface area contributed by atoms with Gasteiger partial charge in [0.05, 0.1) is 11.1 Å². The first kappa shape index (κ1) is 29.1. The van der Waals surface area contributed by atoms with Gasteiger partial charge in [0.2, 0.25) is 0 Å². The van der Waals surface area contributed by atoms with Crippen LogP contribution in [0.2, 0.25) is 0 Å².